The SMILES string of the molecule is CC(=O)O[C@H]1CC[C@@]2(C)C(=CC[C@H]3[C@H]2CC[C@@]2(C)C(c4cccnc4)=CC[C@H]32)C1. The standard InChI is InChI=1S/C26H33NO2/c1-17(28)29-20-10-12-25(2)19(15-20)6-7-21-23-9-8-22(18-5-4-14-27-16-18)26(23,3)13-11-24(21)25/h4-6,8,14,16,20-21,23-24H,7,9-13,15H2,1-3H3/t20-,21+,23+,24+,25-,26-/m0/s1. The number of rotatable bonds is 2. The Hall–Kier alpha value is -1.90. The van der Waals surface area contributed by atoms with Crippen LogP contribution in [0.1, 0.15) is 71.3 Å². The Kier molecular flexibility index (Phi) is 4.49. The molecule has 4 aliphatic rings. The number of fused-ring (bicyclic) bond motifs is 5. The van der Waals surface area contributed by atoms with Gasteiger partial charge in [0.05, 0.1) is 0 Å². The van der Waals surface area contributed by atoms with Gasteiger partial charge in [-0.25, -0.2) is 0 Å². The van der Waals surface area contributed by atoms with E-state index in [1.165, 1.54) is 43.7 Å². The summed E-state index contributed by atoms with van der Waals surface area (Å²) in [5.41, 5.74) is 4.99. The van der Waals surface area contributed by atoms with E-state index in [9.17, 15) is 4.79 Å². The maximum Gasteiger partial charge on any atom is 0.302 e. The fourth-order valence-corrected chi connectivity index (χ4v) is 7.50. The molecule has 2 saturated carbocycles. The first kappa shape index (κ1) is 19.1. The Morgan fingerprint density at radius 3 is 2.69 bits per heavy atom. The van der Waals surface area contributed by atoms with Gasteiger partial charge in [-0.3, -0.25) is 9.78 Å². The van der Waals surface area contributed by atoms with Crippen molar-refractivity contribution in [1.29, 1.82) is 0 Å². The molecule has 3 heteroatoms. The van der Waals surface area contributed by atoms with Crippen LogP contribution in [-0.4, -0.2) is 17.1 Å². The first-order valence-corrected chi connectivity index (χ1v) is 11.4. The van der Waals surface area contributed by atoms with Crippen LogP contribution in [0.15, 0.2) is 42.3 Å². The molecule has 4 aliphatic carbocycles. The summed E-state index contributed by atoms with van der Waals surface area (Å²) in [6, 6.07) is 4.30. The van der Waals surface area contributed by atoms with Gasteiger partial charge in [0.25, 0.3) is 0 Å². The number of carbonyl (C=O) groups excluding carboxylic acids is 1. The zero-order chi connectivity index (χ0) is 20.2. The van der Waals surface area contributed by atoms with Gasteiger partial charge >= 0.3 is 5.97 Å². The van der Waals surface area contributed by atoms with Crippen LogP contribution < -0.4 is 0 Å². The Morgan fingerprint density at radius 1 is 1.10 bits per heavy atom. The van der Waals surface area contributed by atoms with Crippen molar-refractivity contribution in [3.05, 3.63) is 47.8 Å². The quantitative estimate of drug-likeness (QED) is 0.460. The molecule has 0 N–H and O–H groups in total. The van der Waals surface area contributed by atoms with Crippen molar-refractivity contribution in [2.24, 2.45) is 28.6 Å². The van der Waals surface area contributed by atoms with Gasteiger partial charge in [-0.2, -0.15) is 0 Å². The predicted octanol–water partition coefficient (Wildman–Crippen LogP) is 5.97. The van der Waals surface area contributed by atoms with E-state index in [2.05, 4.69) is 43.1 Å². The van der Waals surface area contributed by atoms with E-state index in [1.807, 2.05) is 12.4 Å². The monoisotopic (exact) mass is 391 g/mol. The molecule has 0 bridgehead atoms. The summed E-state index contributed by atoms with van der Waals surface area (Å²) in [7, 11) is 0. The van der Waals surface area contributed by atoms with Crippen LogP contribution in [0, 0.1) is 28.6 Å². The largest absolute Gasteiger partial charge is 0.462 e. The highest BCUT2D eigenvalue weighted by Crippen LogP contribution is 2.66. The van der Waals surface area contributed by atoms with E-state index in [1.54, 1.807) is 5.57 Å². The lowest BCUT2D eigenvalue weighted by molar-refractivity contribution is -0.148. The zero-order valence-corrected chi connectivity index (χ0v) is 18.0. The predicted molar refractivity (Wildman–Crippen MR) is 115 cm³/mol. The lowest BCUT2D eigenvalue weighted by Crippen LogP contribution is -2.50. The van der Waals surface area contributed by atoms with Crippen molar-refractivity contribution in [2.75, 3.05) is 0 Å². The number of aromatic nitrogens is 1. The highest BCUT2D eigenvalue weighted by molar-refractivity contribution is 5.72. The Balaban J connectivity index is 1.41. The minimum absolute atomic E-state index is 0.0857. The molecule has 0 saturated heterocycles. The van der Waals surface area contributed by atoms with Gasteiger partial charge in [-0.15, -0.1) is 0 Å². The molecule has 0 amide bonds. The number of ether oxygens (including phenoxy) is 1. The molecular formula is C26H33NO2. The number of nitrogens with zero attached hydrogens (tertiary/aromatic N) is 1. The smallest absolute Gasteiger partial charge is 0.302 e. The average Bonchev–Trinajstić information content (AvgIpc) is 3.06. The molecule has 6 atom stereocenters. The van der Waals surface area contributed by atoms with Crippen LogP contribution in [-0.2, 0) is 9.53 Å². The molecular weight excluding hydrogens is 358 g/mol. The third kappa shape index (κ3) is 2.92. The molecule has 0 radical (unpaired) electrons. The van der Waals surface area contributed by atoms with Crippen molar-refractivity contribution in [2.45, 2.75) is 71.8 Å². The highest BCUT2D eigenvalue weighted by Gasteiger charge is 2.56. The topological polar surface area (TPSA) is 39.2 Å². The van der Waals surface area contributed by atoms with E-state index in [4.69, 9.17) is 4.74 Å². The van der Waals surface area contributed by atoms with Crippen LogP contribution in [0.5, 0.6) is 0 Å². The minimum atomic E-state index is -0.138. The zero-order valence-electron chi connectivity index (χ0n) is 18.0. The molecule has 1 aromatic heterocycles. The molecule has 0 unspecified atom stereocenters. The number of allylic oxidation sites excluding steroid dienone is 3. The van der Waals surface area contributed by atoms with Crippen molar-refractivity contribution >= 4 is 11.5 Å². The van der Waals surface area contributed by atoms with E-state index in [-0.39, 0.29) is 22.9 Å². The molecule has 154 valence electrons. The Labute approximate surface area is 174 Å². The first-order valence-electron chi connectivity index (χ1n) is 11.4. The third-order valence-electron chi connectivity index (χ3n) is 8.94. The molecule has 0 aliphatic heterocycles. The summed E-state index contributed by atoms with van der Waals surface area (Å²) >= 11 is 0. The molecule has 0 aromatic carbocycles. The summed E-state index contributed by atoms with van der Waals surface area (Å²) in [4.78, 5) is 15.8. The van der Waals surface area contributed by atoms with Gasteiger partial charge in [0.2, 0.25) is 0 Å². The van der Waals surface area contributed by atoms with Gasteiger partial charge in [-0.1, -0.05) is 37.6 Å². The minimum Gasteiger partial charge on any atom is -0.462 e. The van der Waals surface area contributed by atoms with E-state index < -0.39 is 0 Å². The first-order chi connectivity index (χ1) is 13.9. The second-order valence-corrected chi connectivity index (χ2v) is 10.3. The molecule has 2 fully saturated rings. The van der Waals surface area contributed by atoms with E-state index in [0.717, 1.165) is 37.0 Å². The second kappa shape index (κ2) is 6.82. The maximum absolute atomic E-state index is 11.4. The fraction of sp³-hybridized carbons (Fsp3) is 0.615. The van der Waals surface area contributed by atoms with Crippen LogP contribution in [0.25, 0.3) is 5.57 Å². The summed E-state index contributed by atoms with van der Waals surface area (Å²) in [6.45, 7) is 6.56. The Bertz CT molecular complexity index is 872. The van der Waals surface area contributed by atoms with E-state index in [0.29, 0.717) is 0 Å². The number of pyridine rings is 1. The van der Waals surface area contributed by atoms with Gasteiger partial charge < -0.3 is 4.74 Å². The number of hydrogen-bond donors (Lipinski definition) is 0. The molecule has 5 rings (SSSR count). The highest BCUT2D eigenvalue weighted by atomic mass is 16.5. The molecule has 1 heterocycles. The van der Waals surface area contributed by atoms with Gasteiger partial charge in [-0.05, 0) is 84.3 Å². The van der Waals surface area contributed by atoms with Crippen LogP contribution in [0.2, 0.25) is 0 Å². The Morgan fingerprint density at radius 2 is 1.93 bits per heavy atom. The van der Waals surface area contributed by atoms with Gasteiger partial charge in [0.1, 0.15) is 6.10 Å². The van der Waals surface area contributed by atoms with Gasteiger partial charge in [0.15, 0.2) is 0 Å². The second-order valence-electron chi connectivity index (χ2n) is 10.3. The third-order valence-corrected chi connectivity index (χ3v) is 8.94. The van der Waals surface area contributed by atoms with Crippen molar-refractivity contribution < 1.29 is 9.53 Å². The van der Waals surface area contributed by atoms with Crippen molar-refractivity contribution in [1.82, 2.24) is 4.98 Å². The van der Waals surface area contributed by atoms with Crippen molar-refractivity contribution in [3.8, 4) is 0 Å². The number of hydrogen-bond acceptors (Lipinski definition) is 3. The lowest BCUT2D eigenvalue weighted by Gasteiger charge is -2.57. The lowest BCUT2D eigenvalue weighted by atomic mass is 9.47. The maximum atomic E-state index is 11.4. The van der Waals surface area contributed by atoms with E-state index >= 15 is 0 Å². The summed E-state index contributed by atoms with van der Waals surface area (Å²) in [5, 5.41) is 0. The average molecular weight is 392 g/mol. The van der Waals surface area contributed by atoms with Crippen molar-refractivity contribution in [3.63, 3.8) is 0 Å². The van der Waals surface area contributed by atoms with Crippen LogP contribution in [0.3, 0.4) is 0 Å². The number of carbonyl (C=O) groups is 1. The molecule has 29 heavy (non-hydrogen) atoms. The normalized spacial score (nSPS) is 40.8. The van der Waals surface area contributed by atoms with Crippen LogP contribution in [0.4, 0.5) is 0 Å². The van der Waals surface area contributed by atoms with Crippen LogP contribution >= 0.6 is 0 Å². The van der Waals surface area contributed by atoms with Gasteiger partial charge in [0, 0.05) is 25.7 Å². The number of esters is 1. The molecule has 3 nitrogen and oxygen atoms in total. The summed E-state index contributed by atoms with van der Waals surface area (Å²) in [6.07, 6.45) is 17.1. The summed E-state index contributed by atoms with van der Waals surface area (Å²) < 4.78 is 5.58. The molecule has 0 spiro atoms. The summed E-state index contributed by atoms with van der Waals surface area (Å²) in [5.74, 6) is 2.12. The molecule has 1 aromatic rings. The fourth-order valence-electron chi connectivity index (χ4n) is 7.50.